The number of aromatic nitrogens is 4. The molecule has 3 aromatic rings. The van der Waals surface area contributed by atoms with E-state index < -0.39 is 0 Å². The Morgan fingerprint density at radius 2 is 1.88 bits per heavy atom. The van der Waals surface area contributed by atoms with Crippen LogP contribution in [0, 0.1) is 0 Å². The van der Waals surface area contributed by atoms with Crippen molar-refractivity contribution < 1.29 is 4.79 Å². The van der Waals surface area contributed by atoms with Gasteiger partial charge in [0, 0.05) is 48.5 Å². The van der Waals surface area contributed by atoms with Crippen LogP contribution >= 0.6 is 15.9 Å². The van der Waals surface area contributed by atoms with Gasteiger partial charge in [-0.2, -0.15) is 4.98 Å². The van der Waals surface area contributed by atoms with Gasteiger partial charge in [0.2, 0.25) is 5.95 Å². The number of amides is 2. The number of carbonyl (C=O) groups excluding carboxylic acids is 1. The number of H-pyrrole nitrogens is 1. The number of nitrogens with one attached hydrogen (secondary N) is 5. The number of benzene rings is 1. The number of imidazole rings is 1. The Labute approximate surface area is 195 Å². The molecular weight excluding hydrogens is 472 g/mol. The highest BCUT2D eigenvalue weighted by Crippen LogP contribution is 2.23. The van der Waals surface area contributed by atoms with Crippen LogP contribution in [0.25, 0.3) is 0 Å². The molecule has 10 heteroatoms. The second-order valence-corrected chi connectivity index (χ2v) is 8.63. The predicted octanol–water partition coefficient (Wildman–Crippen LogP) is 4.81. The Morgan fingerprint density at radius 1 is 1.09 bits per heavy atom. The molecular formula is C22H27BrN8O. The van der Waals surface area contributed by atoms with Gasteiger partial charge in [-0.05, 0) is 53.0 Å². The van der Waals surface area contributed by atoms with Crippen molar-refractivity contribution in [2.24, 2.45) is 0 Å². The van der Waals surface area contributed by atoms with E-state index in [1.807, 2.05) is 30.5 Å². The van der Waals surface area contributed by atoms with Crippen LogP contribution in [0.3, 0.4) is 0 Å². The molecule has 1 aliphatic carbocycles. The lowest BCUT2D eigenvalue weighted by molar-refractivity contribution is 0.244. The number of aromatic amines is 1. The summed E-state index contributed by atoms with van der Waals surface area (Å²) in [5.74, 6) is 1.19. The normalized spacial score (nSPS) is 14.0. The predicted molar refractivity (Wildman–Crippen MR) is 129 cm³/mol. The second-order valence-electron chi connectivity index (χ2n) is 7.78. The van der Waals surface area contributed by atoms with Gasteiger partial charge in [0.15, 0.2) is 0 Å². The summed E-state index contributed by atoms with van der Waals surface area (Å²) in [6.07, 6.45) is 11.7. The van der Waals surface area contributed by atoms with E-state index in [-0.39, 0.29) is 12.1 Å². The van der Waals surface area contributed by atoms with Gasteiger partial charge in [0.05, 0.1) is 10.8 Å². The summed E-state index contributed by atoms with van der Waals surface area (Å²) in [5, 5.41) is 12.5. The molecule has 1 aromatic carbocycles. The minimum Gasteiger partial charge on any atom is -0.369 e. The van der Waals surface area contributed by atoms with Gasteiger partial charge >= 0.3 is 6.03 Å². The minimum absolute atomic E-state index is 0.153. The smallest absolute Gasteiger partial charge is 0.319 e. The molecule has 4 rings (SSSR count). The molecule has 1 saturated carbocycles. The maximum absolute atomic E-state index is 12.2. The standard InChI is InChI=1S/C22H27BrN8O/c23-19-13-26-21(31-20(19)25-11-10-18-12-24-14-27-18)28-16-6-8-17(9-7-16)30-22(32)29-15-4-2-1-3-5-15/h6-9,12-15H,1-5,10-11H2,(H,24,27)(H2,29,30,32)(H2,25,26,28,31). The summed E-state index contributed by atoms with van der Waals surface area (Å²) < 4.78 is 0.788. The van der Waals surface area contributed by atoms with Crippen molar-refractivity contribution in [3.05, 3.63) is 53.2 Å². The zero-order valence-corrected chi connectivity index (χ0v) is 19.3. The van der Waals surface area contributed by atoms with Gasteiger partial charge in [0.25, 0.3) is 0 Å². The molecule has 2 heterocycles. The third-order valence-electron chi connectivity index (χ3n) is 5.33. The number of hydrogen-bond donors (Lipinski definition) is 5. The van der Waals surface area contributed by atoms with Crippen molar-refractivity contribution >= 4 is 45.1 Å². The Morgan fingerprint density at radius 3 is 2.62 bits per heavy atom. The van der Waals surface area contributed by atoms with Gasteiger partial charge < -0.3 is 26.3 Å². The minimum atomic E-state index is -0.153. The van der Waals surface area contributed by atoms with E-state index in [1.54, 1.807) is 12.5 Å². The van der Waals surface area contributed by atoms with Gasteiger partial charge in [0.1, 0.15) is 5.82 Å². The first-order valence-electron chi connectivity index (χ1n) is 10.8. The molecule has 0 spiro atoms. The van der Waals surface area contributed by atoms with E-state index in [1.165, 1.54) is 19.3 Å². The number of urea groups is 1. The fraction of sp³-hybridized carbons (Fsp3) is 0.364. The molecule has 5 N–H and O–H groups in total. The summed E-state index contributed by atoms with van der Waals surface area (Å²) in [5.41, 5.74) is 2.62. The Balaban J connectivity index is 1.29. The molecule has 0 atom stereocenters. The number of rotatable bonds is 8. The Bertz CT molecular complexity index is 1000. The zero-order valence-electron chi connectivity index (χ0n) is 17.7. The van der Waals surface area contributed by atoms with Crippen molar-refractivity contribution in [3.63, 3.8) is 0 Å². The van der Waals surface area contributed by atoms with E-state index in [0.29, 0.717) is 18.3 Å². The molecule has 9 nitrogen and oxygen atoms in total. The second kappa shape index (κ2) is 10.9. The van der Waals surface area contributed by atoms with Crippen LogP contribution in [0.15, 0.2) is 47.5 Å². The third kappa shape index (κ3) is 6.43. The van der Waals surface area contributed by atoms with Crippen molar-refractivity contribution in [2.45, 2.75) is 44.6 Å². The topological polar surface area (TPSA) is 120 Å². The molecule has 1 fully saturated rings. The fourth-order valence-electron chi connectivity index (χ4n) is 3.65. The SMILES string of the molecule is O=C(Nc1ccc(Nc2ncc(Br)c(NCCc3cnc[nH]3)n2)cc1)NC1CCCCC1. The van der Waals surface area contributed by atoms with Crippen molar-refractivity contribution in [1.82, 2.24) is 25.3 Å². The first-order chi connectivity index (χ1) is 15.7. The quantitative estimate of drug-likeness (QED) is 0.303. The average Bonchev–Trinajstić information content (AvgIpc) is 3.31. The van der Waals surface area contributed by atoms with Gasteiger partial charge in [-0.3, -0.25) is 0 Å². The number of nitrogens with zero attached hydrogens (tertiary/aromatic N) is 3. The number of anilines is 4. The number of carbonyl (C=O) groups is 1. The molecule has 0 bridgehead atoms. The molecule has 2 aromatic heterocycles. The molecule has 1 aliphatic rings. The summed E-state index contributed by atoms with van der Waals surface area (Å²) in [4.78, 5) is 28.2. The van der Waals surface area contributed by atoms with Gasteiger partial charge in [-0.15, -0.1) is 0 Å². The maximum Gasteiger partial charge on any atom is 0.319 e. The number of halogens is 1. The molecule has 32 heavy (non-hydrogen) atoms. The summed E-state index contributed by atoms with van der Waals surface area (Å²) in [6.45, 7) is 0.709. The molecule has 0 radical (unpaired) electrons. The largest absolute Gasteiger partial charge is 0.369 e. The monoisotopic (exact) mass is 498 g/mol. The van der Waals surface area contributed by atoms with Crippen LogP contribution in [0.2, 0.25) is 0 Å². The van der Waals surface area contributed by atoms with Crippen LogP contribution in [0.4, 0.5) is 27.9 Å². The summed E-state index contributed by atoms with van der Waals surface area (Å²) >= 11 is 3.48. The molecule has 0 unspecified atom stereocenters. The van der Waals surface area contributed by atoms with Gasteiger partial charge in [-0.25, -0.2) is 14.8 Å². The first-order valence-corrected chi connectivity index (χ1v) is 11.6. The molecule has 0 aliphatic heterocycles. The average molecular weight is 499 g/mol. The van der Waals surface area contributed by atoms with Crippen LogP contribution in [-0.4, -0.2) is 38.6 Å². The lowest BCUT2D eigenvalue weighted by atomic mass is 9.96. The third-order valence-corrected chi connectivity index (χ3v) is 5.91. The van der Waals surface area contributed by atoms with E-state index in [2.05, 4.69) is 57.1 Å². The Hall–Kier alpha value is -3.14. The van der Waals surface area contributed by atoms with Crippen LogP contribution in [0.5, 0.6) is 0 Å². The van der Waals surface area contributed by atoms with E-state index in [9.17, 15) is 4.79 Å². The van der Waals surface area contributed by atoms with Crippen LogP contribution < -0.4 is 21.3 Å². The first kappa shape index (κ1) is 22.1. The summed E-state index contributed by atoms with van der Waals surface area (Å²) in [7, 11) is 0. The number of hydrogen-bond acceptors (Lipinski definition) is 6. The van der Waals surface area contributed by atoms with E-state index in [0.717, 1.165) is 40.8 Å². The molecule has 168 valence electrons. The molecule has 0 saturated heterocycles. The fourth-order valence-corrected chi connectivity index (χ4v) is 3.99. The van der Waals surface area contributed by atoms with E-state index >= 15 is 0 Å². The van der Waals surface area contributed by atoms with Crippen molar-refractivity contribution in [2.75, 3.05) is 22.5 Å². The van der Waals surface area contributed by atoms with Crippen molar-refractivity contribution in [3.8, 4) is 0 Å². The lowest BCUT2D eigenvalue weighted by Crippen LogP contribution is -2.38. The Kier molecular flexibility index (Phi) is 7.55. The summed E-state index contributed by atoms with van der Waals surface area (Å²) in [6, 6.07) is 7.59. The highest BCUT2D eigenvalue weighted by atomic mass is 79.9. The van der Waals surface area contributed by atoms with Crippen molar-refractivity contribution in [1.29, 1.82) is 0 Å². The van der Waals surface area contributed by atoms with Gasteiger partial charge in [-0.1, -0.05) is 19.3 Å². The zero-order chi connectivity index (χ0) is 22.2. The molecule has 2 amide bonds. The highest BCUT2D eigenvalue weighted by molar-refractivity contribution is 9.10. The maximum atomic E-state index is 12.2. The highest BCUT2D eigenvalue weighted by Gasteiger charge is 2.15. The van der Waals surface area contributed by atoms with E-state index in [4.69, 9.17) is 0 Å². The van der Waals surface area contributed by atoms with Crippen LogP contribution in [-0.2, 0) is 6.42 Å². The lowest BCUT2D eigenvalue weighted by Gasteiger charge is -2.22. The van der Waals surface area contributed by atoms with Crippen LogP contribution in [0.1, 0.15) is 37.8 Å².